The molecule has 2 amide bonds. The van der Waals surface area contributed by atoms with Gasteiger partial charge in [0.2, 0.25) is 5.91 Å². The third kappa shape index (κ3) is 4.31. The van der Waals surface area contributed by atoms with Crippen molar-refractivity contribution < 1.29 is 14.3 Å². The Morgan fingerprint density at radius 3 is 2.61 bits per heavy atom. The third-order valence-electron chi connectivity index (χ3n) is 6.76. The van der Waals surface area contributed by atoms with E-state index in [4.69, 9.17) is 4.74 Å². The molecule has 1 aliphatic heterocycles. The molecule has 7 heteroatoms. The molecule has 0 radical (unpaired) electrons. The fourth-order valence-corrected chi connectivity index (χ4v) is 4.70. The van der Waals surface area contributed by atoms with Crippen LogP contribution in [-0.4, -0.2) is 57.0 Å². The highest BCUT2D eigenvalue weighted by Gasteiger charge is 2.43. The van der Waals surface area contributed by atoms with Gasteiger partial charge in [0.1, 0.15) is 17.0 Å². The van der Waals surface area contributed by atoms with Crippen molar-refractivity contribution in [1.29, 1.82) is 0 Å². The number of para-hydroxylation sites is 1. The molecule has 2 aliphatic rings. The number of ether oxygens (including phenoxy) is 1. The molecule has 4 rings (SSSR count). The first-order chi connectivity index (χ1) is 14.8. The van der Waals surface area contributed by atoms with Gasteiger partial charge in [0.25, 0.3) is 5.91 Å². The number of carbonyl (C=O) groups excluding carboxylic acids is 2. The molecule has 1 aromatic carbocycles. The highest BCUT2D eigenvalue weighted by molar-refractivity contribution is 5.92. The topological polar surface area (TPSA) is 78.5 Å². The molecular formula is C24H32N4O3. The summed E-state index contributed by atoms with van der Waals surface area (Å²) in [5, 5.41) is 7.19. The van der Waals surface area contributed by atoms with Crippen LogP contribution in [0.25, 0.3) is 0 Å². The van der Waals surface area contributed by atoms with E-state index in [2.05, 4.69) is 24.0 Å². The maximum atomic E-state index is 13.0. The first kappa shape index (κ1) is 21.4. The lowest BCUT2D eigenvalue weighted by atomic mass is 9.81. The number of fused-ring (bicyclic) bond motifs is 1. The number of rotatable bonds is 3. The van der Waals surface area contributed by atoms with Crippen LogP contribution in [0.4, 0.5) is 0 Å². The Morgan fingerprint density at radius 2 is 1.97 bits per heavy atom. The predicted octanol–water partition coefficient (Wildman–Crippen LogP) is 3.73. The van der Waals surface area contributed by atoms with Crippen LogP contribution in [0.1, 0.15) is 74.1 Å². The van der Waals surface area contributed by atoms with Crippen molar-refractivity contribution in [1.82, 2.24) is 20.0 Å². The van der Waals surface area contributed by atoms with Gasteiger partial charge in [-0.25, -0.2) is 0 Å². The predicted molar refractivity (Wildman–Crippen MR) is 118 cm³/mol. The third-order valence-corrected chi connectivity index (χ3v) is 6.76. The lowest BCUT2D eigenvalue weighted by Gasteiger charge is -2.43. The van der Waals surface area contributed by atoms with Gasteiger partial charge in [-0.1, -0.05) is 32.0 Å². The van der Waals surface area contributed by atoms with Gasteiger partial charge < -0.3 is 14.5 Å². The van der Waals surface area contributed by atoms with E-state index in [-0.39, 0.29) is 17.9 Å². The number of nitrogens with zero attached hydrogens (tertiary/aromatic N) is 3. The Kier molecular flexibility index (Phi) is 5.77. The van der Waals surface area contributed by atoms with Crippen molar-refractivity contribution in [3.8, 4) is 5.75 Å². The Bertz CT molecular complexity index is 959. The molecule has 1 fully saturated rings. The molecule has 1 N–H and O–H groups in total. The summed E-state index contributed by atoms with van der Waals surface area (Å²) in [6.07, 6.45) is 3.26. The van der Waals surface area contributed by atoms with E-state index < -0.39 is 5.60 Å². The smallest absolute Gasteiger partial charge is 0.274 e. The normalized spacial score (nSPS) is 23.3. The molecule has 0 atom stereocenters. The monoisotopic (exact) mass is 424 g/mol. The van der Waals surface area contributed by atoms with E-state index >= 15 is 0 Å². The highest BCUT2D eigenvalue weighted by atomic mass is 16.5. The maximum Gasteiger partial charge on any atom is 0.274 e. The van der Waals surface area contributed by atoms with Crippen LogP contribution in [-0.2, 0) is 11.3 Å². The van der Waals surface area contributed by atoms with Crippen LogP contribution in [0.5, 0.6) is 5.75 Å². The molecule has 1 spiro atoms. The number of aromatic nitrogens is 2. The number of H-pyrrole nitrogens is 1. The number of aromatic amines is 1. The molecule has 1 aliphatic carbocycles. The minimum absolute atomic E-state index is 0.0541. The number of carbonyl (C=O) groups is 2. The number of hydrogen-bond donors (Lipinski definition) is 1. The summed E-state index contributed by atoms with van der Waals surface area (Å²) in [4.78, 5) is 28.9. The minimum atomic E-state index is -0.407. The SMILES string of the molecule is CC(=O)N1Cc2ccccc2OC2(CCC(N(C)C(=O)c3cc(C(C)C)[nH]n3)CC2)C1. The Balaban J connectivity index is 1.47. The van der Waals surface area contributed by atoms with Gasteiger partial charge in [0.15, 0.2) is 0 Å². The Labute approximate surface area is 183 Å². The lowest BCUT2D eigenvalue weighted by molar-refractivity contribution is -0.132. The molecule has 2 heterocycles. The van der Waals surface area contributed by atoms with Crippen LogP contribution >= 0.6 is 0 Å². The van der Waals surface area contributed by atoms with Crippen molar-refractivity contribution >= 4 is 11.8 Å². The van der Waals surface area contributed by atoms with Gasteiger partial charge in [-0.15, -0.1) is 0 Å². The summed E-state index contributed by atoms with van der Waals surface area (Å²) >= 11 is 0. The zero-order valence-electron chi connectivity index (χ0n) is 18.9. The molecule has 0 unspecified atom stereocenters. The highest BCUT2D eigenvalue weighted by Crippen LogP contribution is 2.39. The van der Waals surface area contributed by atoms with Gasteiger partial charge in [-0.2, -0.15) is 5.10 Å². The van der Waals surface area contributed by atoms with Crippen molar-refractivity contribution in [3.63, 3.8) is 0 Å². The number of nitrogens with one attached hydrogen (secondary N) is 1. The quantitative estimate of drug-likeness (QED) is 0.814. The molecule has 1 aromatic heterocycles. The number of benzene rings is 1. The summed E-state index contributed by atoms with van der Waals surface area (Å²) in [6.45, 7) is 6.92. The summed E-state index contributed by atoms with van der Waals surface area (Å²) in [5.74, 6) is 1.18. The molecular weight excluding hydrogens is 392 g/mol. The van der Waals surface area contributed by atoms with Crippen molar-refractivity contribution in [2.24, 2.45) is 0 Å². The first-order valence-corrected chi connectivity index (χ1v) is 11.1. The first-order valence-electron chi connectivity index (χ1n) is 11.1. The van der Waals surface area contributed by atoms with Gasteiger partial charge in [0, 0.05) is 37.8 Å². The summed E-state index contributed by atoms with van der Waals surface area (Å²) in [7, 11) is 1.86. The van der Waals surface area contributed by atoms with Crippen molar-refractivity contribution in [2.75, 3.05) is 13.6 Å². The van der Waals surface area contributed by atoms with Crippen LogP contribution in [0.2, 0.25) is 0 Å². The fourth-order valence-electron chi connectivity index (χ4n) is 4.70. The van der Waals surface area contributed by atoms with E-state index in [0.29, 0.717) is 24.7 Å². The zero-order chi connectivity index (χ0) is 22.2. The molecule has 31 heavy (non-hydrogen) atoms. The minimum Gasteiger partial charge on any atom is -0.485 e. The van der Waals surface area contributed by atoms with E-state index in [9.17, 15) is 9.59 Å². The van der Waals surface area contributed by atoms with Gasteiger partial charge in [-0.05, 0) is 43.7 Å². The second-order valence-corrected chi connectivity index (χ2v) is 9.28. The van der Waals surface area contributed by atoms with E-state index in [0.717, 1.165) is 42.7 Å². The summed E-state index contributed by atoms with van der Waals surface area (Å²) < 4.78 is 6.55. The number of amides is 2. The van der Waals surface area contributed by atoms with E-state index in [1.165, 1.54) is 0 Å². The molecule has 1 saturated carbocycles. The largest absolute Gasteiger partial charge is 0.485 e. The second kappa shape index (κ2) is 8.36. The molecule has 166 valence electrons. The van der Waals surface area contributed by atoms with Crippen LogP contribution in [0, 0.1) is 0 Å². The van der Waals surface area contributed by atoms with Crippen LogP contribution in [0.15, 0.2) is 30.3 Å². The van der Waals surface area contributed by atoms with Gasteiger partial charge in [0.05, 0.1) is 6.54 Å². The molecule has 0 saturated heterocycles. The number of hydrogen-bond acceptors (Lipinski definition) is 4. The lowest BCUT2D eigenvalue weighted by Crippen LogP contribution is -2.52. The standard InChI is InChI=1S/C24H32N4O3/c1-16(2)20-13-21(26-25-20)23(30)27(4)19-9-11-24(12-10-19)15-28(17(3)29)14-18-7-5-6-8-22(18)31-24/h5-8,13,16,19H,9-12,14-15H2,1-4H3,(H,25,26). The molecule has 7 nitrogen and oxygen atoms in total. The van der Waals surface area contributed by atoms with E-state index in [1.54, 1.807) is 6.92 Å². The van der Waals surface area contributed by atoms with Gasteiger partial charge >= 0.3 is 0 Å². The van der Waals surface area contributed by atoms with Crippen LogP contribution < -0.4 is 4.74 Å². The van der Waals surface area contributed by atoms with Crippen molar-refractivity contribution in [2.45, 2.75) is 70.6 Å². The van der Waals surface area contributed by atoms with E-state index in [1.807, 2.05) is 47.2 Å². The summed E-state index contributed by atoms with van der Waals surface area (Å²) in [6, 6.07) is 9.96. The Morgan fingerprint density at radius 1 is 1.26 bits per heavy atom. The van der Waals surface area contributed by atoms with Gasteiger partial charge in [-0.3, -0.25) is 14.7 Å². The maximum absolute atomic E-state index is 13.0. The average molecular weight is 425 g/mol. The molecule has 2 aromatic rings. The fraction of sp³-hybridized carbons (Fsp3) is 0.542. The average Bonchev–Trinajstić information content (AvgIpc) is 3.18. The molecule has 0 bridgehead atoms. The second-order valence-electron chi connectivity index (χ2n) is 9.28. The zero-order valence-corrected chi connectivity index (χ0v) is 18.9. The van der Waals surface area contributed by atoms with Crippen molar-refractivity contribution in [3.05, 3.63) is 47.3 Å². The summed E-state index contributed by atoms with van der Waals surface area (Å²) in [5.41, 5.74) is 2.07. The Hall–Kier alpha value is -2.83. The van der Waals surface area contributed by atoms with Crippen LogP contribution in [0.3, 0.4) is 0 Å².